The molecule has 0 saturated carbocycles. The molecule has 94 valence electrons. The zero-order valence-corrected chi connectivity index (χ0v) is 10.3. The van der Waals surface area contributed by atoms with Crippen molar-refractivity contribution in [1.29, 1.82) is 0 Å². The van der Waals surface area contributed by atoms with E-state index in [9.17, 15) is 4.39 Å². The number of H-pyrrole nitrogens is 1. The van der Waals surface area contributed by atoms with Gasteiger partial charge in [0.25, 0.3) is 0 Å². The van der Waals surface area contributed by atoms with Gasteiger partial charge in [-0.25, -0.2) is 4.98 Å². The zero-order valence-electron chi connectivity index (χ0n) is 10.3. The summed E-state index contributed by atoms with van der Waals surface area (Å²) in [4.78, 5) is 6.92. The number of pyridine rings is 1. The molecule has 0 saturated heterocycles. The number of hydrogen-bond acceptors (Lipinski definition) is 2. The maximum atomic E-state index is 13.1. The third-order valence-electron chi connectivity index (χ3n) is 3.46. The van der Waals surface area contributed by atoms with Crippen molar-refractivity contribution in [2.45, 2.75) is 25.8 Å². The number of rotatable bonds is 3. The van der Waals surface area contributed by atoms with E-state index < -0.39 is 5.95 Å². The van der Waals surface area contributed by atoms with Gasteiger partial charge in [-0.1, -0.05) is 13.0 Å². The largest absolute Gasteiger partial charge is 0.345 e. The summed E-state index contributed by atoms with van der Waals surface area (Å²) in [6, 6.07) is 3.61. The van der Waals surface area contributed by atoms with Gasteiger partial charge in [-0.2, -0.15) is 4.39 Å². The molecule has 1 aliphatic carbocycles. The number of fused-ring (bicyclic) bond motifs is 1. The normalized spacial score (nSPS) is 19.4. The van der Waals surface area contributed by atoms with E-state index in [1.807, 2.05) is 6.20 Å². The number of aromatic nitrogens is 2. The molecule has 18 heavy (non-hydrogen) atoms. The molecule has 0 aliphatic heterocycles. The summed E-state index contributed by atoms with van der Waals surface area (Å²) in [5.74, 6) is -0.445. The van der Waals surface area contributed by atoms with Gasteiger partial charge in [0, 0.05) is 23.2 Å². The molecule has 0 aromatic carbocycles. The molecule has 2 aromatic heterocycles. The highest BCUT2D eigenvalue weighted by atomic mass is 19.1. The number of likely N-dealkylation sites (N-methyl/N-ethyl adjacent to an activating group) is 1. The Bertz CT molecular complexity index is 600. The van der Waals surface area contributed by atoms with Gasteiger partial charge in [-0.05, 0) is 37.1 Å². The van der Waals surface area contributed by atoms with Crippen molar-refractivity contribution in [2.75, 3.05) is 6.54 Å². The smallest absolute Gasteiger partial charge is 0.214 e. The van der Waals surface area contributed by atoms with Gasteiger partial charge in [0.15, 0.2) is 0 Å². The fraction of sp³-hybridized carbons (Fsp3) is 0.357. The van der Waals surface area contributed by atoms with Crippen LogP contribution in [0.1, 0.15) is 25.3 Å². The second-order valence-electron chi connectivity index (χ2n) is 4.58. The average Bonchev–Trinajstić information content (AvgIpc) is 2.95. The summed E-state index contributed by atoms with van der Waals surface area (Å²) in [5, 5.41) is 4.48. The average molecular weight is 245 g/mol. The van der Waals surface area contributed by atoms with Crippen LogP contribution in [0.2, 0.25) is 0 Å². The Labute approximate surface area is 105 Å². The van der Waals surface area contributed by atoms with E-state index in [0.29, 0.717) is 11.7 Å². The Morgan fingerprint density at radius 1 is 1.50 bits per heavy atom. The van der Waals surface area contributed by atoms with Gasteiger partial charge in [0.2, 0.25) is 5.95 Å². The van der Waals surface area contributed by atoms with Gasteiger partial charge < -0.3 is 10.3 Å². The van der Waals surface area contributed by atoms with Crippen LogP contribution in [0.25, 0.3) is 16.6 Å². The molecule has 4 heteroatoms. The van der Waals surface area contributed by atoms with Crippen LogP contribution in [0.15, 0.2) is 24.4 Å². The van der Waals surface area contributed by atoms with Crippen LogP contribution < -0.4 is 5.32 Å². The molecule has 0 bridgehead atoms. The van der Waals surface area contributed by atoms with Crippen LogP contribution >= 0.6 is 0 Å². The Hall–Kier alpha value is -1.68. The number of hydrogen-bond donors (Lipinski definition) is 2. The molecule has 2 N–H and O–H groups in total. The first-order valence-corrected chi connectivity index (χ1v) is 6.37. The quantitative estimate of drug-likeness (QED) is 0.816. The molecule has 0 fully saturated rings. The lowest BCUT2D eigenvalue weighted by atomic mass is 10.0. The van der Waals surface area contributed by atoms with E-state index in [1.165, 1.54) is 11.6 Å². The Morgan fingerprint density at radius 3 is 3.22 bits per heavy atom. The lowest BCUT2D eigenvalue weighted by molar-refractivity contribution is 0.588. The van der Waals surface area contributed by atoms with Crippen molar-refractivity contribution >= 4 is 16.6 Å². The lowest BCUT2D eigenvalue weighted by Gasteiger charge is -2.15. The van der Waals surface area contributed by atoms with Crippen molar-refractivity contribution in [3.8, 4) is 0 Å². The van der Waals surface area contributed by atoms with Gasteiger partial charge in [0.05, 0.1) is 0 Å². The minimum Gasteiger partial charge on any atom is -0.345 e. The maximum Gasteiger partial charge on any atom is 0.214 e. The third kappa shape index (κ3) is 1.82. The van der Waals surface area contributed by atoms with Crippen molar-refractivity contribution in [3.05, 3.63) is 35.9 Å². The Morgan fingerprint density at radius 2 is 2.39 bits per heavy atom. The highest BCUT2D eigenvalue weighted by Crippen LogP contribution is 2.32. The van der Waals surface area contributed by atoms with Gasteiger partial charge in [0.1, 0.15) is 5.65 Å². The number of nitrogens with one attached hydrogen (secondary N) is 2. The number of aromatic amines is 1. The van der Waals surface area contributed by atoms with Crippen LogP contribution in [0.5, 0.6) is 0 Å². The fourth-order valence-electron chi connectivity index (χ4n) is 2.68. The molecule has 1 unspecified atom stereocenters. The molecule has 0 amide bonds. The first-order valence-electron chi connectivity index (χ1n) is 6.37. The summed E-state index contributed by atoms with van der Waals surface area (Å²) in [7, 11) is 0. The number of allylic oxidation sites excluding steroid dienone is 1. The fourth-order valence-corrected chi connectivity index (χ4v) is 2.68. The summed E-state index contributed by atoms with van der Waals surface area (Å²) >= 11 is 0. The molecule has 1 aliphatic rings. The third-order valence-corrected chi connectivity index (χ3v) is 3.46. The van der Waals surface area contributed by atoms with E-state index in [0.717, 1.165) is 30.3 Å². The highest BCUT2D eigenvalue weighted by Gasteiger charge is 2.22. The van der Waals surface area contributed by atoms with E-state index in [2.05, 4.69) is 28.3 Å². The van der Waals surface area contributed by atoms with Crippen LogP contribution in [0.4, 0.5) is 4.39 Å². The Balaban J connectivity index is 2.04. The Kier molecular flexibility index (Phi) is 2.88. The van der Waals surface area contributed by atoms with Crippen molar-refractivity contribution < 1.29 is 4.39 Å². The molecule has 1 atom stereocenters. The predicted octanol–water partition coefficient (Wildman–Crippen LogP) is 2.86. The van der Waals surface area contributed by atoms with Crippen molar-refractivity contribution in [1.82, 2.24) is 15.3 Å². The van der Waals surface area contributed by atoms with Crippen LogP contribution in [0, 0.1) is 5.95 Å². The standard InChI is InChI=1S/C14H16FN3/c1-2-16-12-5-3-4-9(12)11-8-17-14-10(11)6-7-13(15)18-14/h4,6-8,12,16H,2-3,5H2,1H3,(H,17,18). The lowest BCUT2D eigenvalue weighted by Crippen LogP contribution is -2.27. The molecule has 0 radical (unpaired) electrons. The molecule has 0 spiro atoms. The SMILES string of the molecule is CCNC1CCC=C1c1c[nH]c2nc(F)ccc12. The van der Waals surface area contributed by atoms with E-state index in [4.69, 9.17) is 0 Å². The molecular weight excluding hydrogens is 229 g/mol. The first-order chi connectivity index (χ1) is 8.79. The zero-order chi connectivity index (χ0) is 12.5. The monoisotopic (exact) mass is 245 g/mol. The molecule has 2 heterocycles. The molecule has 3 nitrogen and oxygen atoms in total. The number of halogens is 1. The minimum absolute atomic E-state index is 0.402. The minimum atomic E-state index is -0.445. The van der Waals surface area contributed by atoms with E-state index >= 15 is 0 Å². The predicted molar refractivity (Wildman–Crippen MR) is 70.7 cm³/mol. The van der Waals surface area contributed by atoms with Crippen molar-refractivity contribution in [2.24, 2.45) is 0 Å². The second kappa shape index (κ2) is 4.53. The summed E-state index contributed by atoms with van der Waals surface area (Å²) < 4.78 is 13.1. The topological polar surface area (TPSA) is 40.7 Å². The maximum absolute atomic E-state index is 13.1. The first kappa shape index (κ1) is 11.4. The molecular formula is C14H16FN3. The van der Waals surface area contributed by atoms with Crippen molar-refractivity contribution in [3.63, 3.8) is 0 Å². The second-order valence-corrected chi connectivity index (χ2v) is 4.58. The van der Waals surface area contributed by atoms with Gasteiger partial charge >= 0.3 is 0 Å². The van der Waals surface area contributed by atoms with Crippen LogP contribution in [-0.4, -0.2) is 22.6 Å². The highest BCUT2D eigenvalue weighted by molar-refractivity contribution is 5.92. The molecule has 2 aromatic rings. The van der Waals surface area contributed by atoms with Gasteiger partial charge in [-0.15, -0.1) is 0 Å². The van der Waals surface area contributed by atoms with Crippen LogP contribution in [-0.2, 0) is 0 Å². The number of nitrogens with zero attached hydrogens (tertiary/aromatic N) is 1. The summed E-state index contributed by atoms with van der Waals surface area (Å²) in [5.41, 5.74) is 3.06. The van der Waals surface area contributed by atoms with E-state index in [1.54, 1.807) is 6.07 Å². The van der Waals surface area contributed by atoms with Crippen LogP contribution in [0.3, 0.4) is 0 Å². The van der Waals surface area contributed by atoms with Gasteiger partial charge in [-0.3, -0.25) is 0 Å². The molecule has 3 rings (SSSR count). The van der Waals surface area contributed by atoms with E-state index in [-0.39, 0.29) is 0 Å². The summed E-state index contributed by atoms with van der Waals surface area (Å²) in [6.45, 7) is 3.07. The summed E-state index contributed by atoms with van der Waals surface area (Å²) in [6.07, 6.45) is 6.41.